The van der Waals surface area contributed by atoms with Crippen molar-refractivity contribution in [2.24, 2.45) is 0 Å². The Morgan fingerprint density at radius 2 is 2.17 bits per heavy atom. The van der Waals surface area contributed by atoms with Crippen LogP contribution in [0.2, 0.25) is 0 Å². The van der Waals surface area contributed by atoms with Crippen molar-refractivity contribution in [1.29, 1.82) is 0 Å². The van der Waals surface area contributed by atoms with E-state index in [2.05, 4.69) is 27.5 Å². The minimum atomic E-state index is -0.255. The zero-order valence-electron chi connectivity index (χ0n) is 13.8. The van der Waals surface area contributed by atoms with Crippen LogP contribution in [-0.4, -0.2) is 35.1 Å². The number of para-hydroxylation sites is 1. The summed E-state index contributed by atoms with van der Waals surface area (Å²) in [7, 11) is 0. The molecular weight excluding hydrogens is 304 g/mol. The van der Waals surface area contributed by atoms with Gasteiger partial charge in [0.15, 0.2) is 0 Å². The van der Waals surface area contributed by atoms with Crippen LogP contribution in [0.3, 0.4) is 0 Å². The Morgan fingerprint density at radius 3 is 2.88 bits per heavy atom. The Kier molecular flexibility index (Phi) is 5.38. The molecule has 1 aromatic heterocycles. The van der Waals surface area contributed by atoms with E-state index >= 15 is 0 Å². The molecule has 1 saturated heterocycles. The van der Waals surface area contributed by atoms with Gasteiger partial charge in [-0.2, -0.15) is 0 Å². The first-order valence-corrected chi connectivity index (χ1v) is 8.33. The summed E-state index contributed by atoms with van der Waals surface area (Å²) in [6, 6.07) is 7.75. The molecular formula is C18H22N4O2. The summed E-state index contributed by atoms with van der Waals surface area (Å²) >= 11 is 0. The summed E-state index contributed by atoms with van der Waals surface area (Å²) in [5.41, 5.74) is 2.20. The Bertz CT molecular complexity index is 682. The molecule has 0 spiro atoms. The summed E-state index contributed by atoms with van der Waals surface area (Å²) in [6.07, 6.45) is 6.33. The maximum atomic E-state index is 12.3. The van der Waals surface area contributed by atoms with Crippen molar-refractivity contribution in [2.45, 2.75) is 32.3 Å². The molecule has 0 saturated carbocycles. The molecule has 0 bridgehead atoms. The van der Waals surface area contributed by atoms with Gasteiger partial charge in [0.25, 0.3) is 5.91 Å². The summed E-state index contributed by atoms with van der Waals surface area (Å²) in [4.78, 5) is 20.8. The van der Waals surface area contributed by atoms with Gasteiger partial charge in [0.2, 0.25) is 0 Å². The molecule has 0 aliphatic carbocycles. The van der Waals surface area contributed by atoms with Crippen molar-refractivity contribution >= 4 is 17.4 Å². The molecule has 1 fully saturated rings. The molecule has 1 aromatic carbocycles. The van der Waals surface area contributed by atoms with Crippen LogP contribution in [-0.2, 0) is 11.2 Å². The van der Waals surface area contributed by atoms with Gasteiger partial charge >= 0.3 is 0 Å². The third-order valence-corrected chi connectivity index (χ3v) is 4.07. The number of hydrogen-bond donors (Lipinski definition) is 2. The molecule has 24 heavy (non-hydrogen) atoms. The molecule has 1 atom stereocenters. The molecule has 1 unspecified atom stereocenters. The Hall–Kier alpha value is -2.47. The summed E-state index contributed by atoms with van der Waals surface area (Å²) < 4.78 is 5.55. The predicted molar refractivity (Wildman–Crippen MR) is 93.3 cm³/mol. The Morgan fingerprint density at radius 1 is 1.29 bits per heavy atom. The first-order chi connectivity index (χ1) is 11.8. The highest BCUT2D eigenvalue weighted by Gasteiger charge is 2.15. The largest absolute Gasteiger partial charge is 0.376 e. The normalized spacial score (nSPS) is 16.8. The van der Waals surface area contributed by atoms with Gasteiger partial charge in [0.05, 0.1) is 18.5 Å². The highest BCUT2D eigenvalue weighted by molar-refractivity contribution is 6.03. The quantitative estimate of drug-likeness (QED) is 0.853. The maximum Gasteiger partial charge on any atom is 0.275 e. The predicted octanol–water partition coefficient (Wildman–Crippen LogP) is 2.88. The minimum absolute atomic E-state index is 0.236. The van der Waals surface area contributed by atoms with Crippen LogP contribution in [0.15, 0.2) is 36.7 Å². The zero-order chi connectivity index (χ0) is 16.8. The SMILES string of the molecule is CCc1ccccc1NC(=O)c1cnc(NCC2CCCO2)cn1. The molecule has 0 radical (unpaired) electrons. The Balaban J connectivity index is 1.59. The number of ether oxygens (including phenoxy) is 1. The van der Waals surface area contributed by atoms with Crippen LogP contribution in [0.5, 0.6) is 0 Å². The molecule has 3 rings (SSSR count). The van der Waals surface area contributed by atoms with E-state index in [9.17, 15) is 4.79 Å². The standard InChI is InChI=1S/C18H22N4O2/c1-2-13-6-3-4-8-15(13)22-18(23)16-11-21-17(12-19-16)20-10-14-7-5-9-24-14/h3-4,6,8,11-12,14H,2,5,7,9-10H2,1H3,(H,20,21)(H,22,23). The number of benzene rings is 1. The number of nitrogens with zero attached hydrogens (tertiary/aromatic N) is 2. The smallest absolute Gasteiger partial charge is 0.275 e. The lowest BCUT2D eigenvalue weighted by atomic mass is 10.1. The molecule has 2 N–H and O–H groups in total. The van der Waals surface area contributed by atoms with Gasteiger partial charge in [-0.1, -0.05) is 25.1 Å². The second-order valence-electron chi connectivity index (χ2n) is 5.77. The van der Waals surface area contributed by atoms with Gasteiger partial charge in [0, 0.05) is 18.8 Å². The fourth-order valence-electron chi connectivity index (χ4n) is 2.70. The van der Waals surface area contributed by atoms with Crippen molar-refractivity contribution in [3.05, 3.63) is 47.9 Å². The number of amides is 1. The van der Waals surface area contributed by atoms with E-state index in [-0.39, 0.29) is 12.0 Å². The highest BCUT2D eigenvalue weighted by atomic mass is 16.5. The first-order valence-electron chi connectivity index (χ1n) is 8.33. The van der Waals surface area contributed by atoms with Crippen LogP contribution in [0.1, 0.15) is 35.8 Å². The first kappa shape index (κ1) is 16.4. The number of aryl methyl sites for hydroxylation is 1. The molecule has 6 heteroatoms. The van der Waals surface area contributed by atoms with Crippen LogP contribution in [0.4, 0.5) is 11.5 Å². The number of carbonyl (C=O) groups excluding carboxylic acids is 1. The average Bonchev–Trinajstić information content (AvgIpc) is 3.14. The molecule has 1 aliphatic rings. The third kappa shape index (κ3) is 4.08. The van der Waals surface area contributed by atoms with E-state index in [1.165, 1.54) is 6.20 Å². The lowest BCUT2D eigenvalue weighted by Gasteiger charge is -2.11. The van der Waals surface area contributed by atoms with Crippen LogP contribution in [0, 0.1) is 0 Å². The number of carbonyl (C=O) groups is 1. The fraction of sp³-hybridized carbons (Fsp3) is 0.389. The van der Waals surface area contributed by atoms with E-state index in [0.717, 1.165) is 37.1 Å². The van der Waals surface area contributed by atoms with Gasteiger partial charge in [0.1, 0.15) is 11.5 Å². The summed E-state index contributed by atoms with van der Waals surface area (Å²) in [5.74, 6) is 0.394. The third-order valence-electron chi connectivity index (χ3n) is 4.07. The highest BCUT2D eigenvalue weighted by Crippen LogP contribution is 2.16. The van der Waals surface area contributed by atoms with E-state index in [1.807, 2.05) is 24.3 Å². The van der Waals surface area contributed by atoms with Crippen molar-refractivity contribution < 1.29 is 9.53 Å². The topological polar surface area (TPSA) is 76.1 Å². The van der Waals surface area contributed by atoms with Crippen molar-refractivity contribution in [3.8, 4) is 0 Å². The second-order valence-corrected chi connectivity index (χ2v) is 5.77. The van der Waals surface area contributed by atoms with Gasteiger partial charge in [-0.05, 0) is 30.9 Å². The van der Waals surface area contributed by atoms with Crippen LogP contribution >= 0.6 is 0 Å². The Labute approximate surface area is 141 Å². The summed E-state index contributed by atoms with van der Waals surface area (Å²) in [5, 5.41) is 6.08. The van der Waals surface area contributed by atoms with Gasteiger partial charge in [-0.25, -0.2) is 9.97 Å². The molecule has 6 nitrogen and oxygen atoms in total. The fourth-order valence-corrected chi connectivity index (χ4v) is 2.70. The van der Waals surface area contributed by atoms with E-state index < -0.39 is 0 Å². The molecule has 1 aliphatic heterocycles. The molecule has 2 heterocycles. The average molecular weight is 326 g/mol. The van der Waals surface area contributed by atoms with E-state index in [0.29, 0.717) is 18.1 Å². The number of aromatic nitrogens is 2. The molecule has 1 amide bonds. The minimum Gasteiger partial charge on any atom is -0.376 e. The molecule has 126 valence electrons. The maximum absolute atomic E-state index is 12.3. The van der Waals surface area contributed by atoms with Crippen LogP contribution < -0.4 is 10.6 Å². The van der Waals surface area contributed by atoms with Crippen molar-refractivity contribution in [1.82, 2.24) is 9.97 Å². The van der Waals surface area contributed by atoms with Crippen molar-refractivity contribution in [3.63, 3.8) is 0 Å². The monoisotopic (exact) mass is 326 g/mol. The number of hydrogen-bond acceptors (Lipinski definition) is 5. The molecule has 2 aromatic rings. The van der Waals surface area contributed by atoms with E-state index in [4.69, 9.17) is 4.74 Å². The van der Waals surface area contributed by atoms with Gasteiger partial charge in [-0.3, -0.25) is 4.79 Å². The summed E-state index contributed by atoms with van der Waals surface area (Å²) in [6.45, 7) is 3.60. The number of nitrogens with one attached hydrogen (secondary N) is 2. The number of anilines is 2. The van der Waals surface area contributed by atoms with Crippen molar-refractivity contribution in [2.75, 3.05) is 23.8 Å². The zero-order valence-corrected chi connectivity index (χ0v) is 13.8. The lowest BCUT2D eigenvalue weighted by molar-refractivity contribution is 0.102. The van der Waals surface area contributed by atoms with Gasteiger partial charge < -0.3 is 15.4 Å². The van der Waals surface area contributed by atoms with E-state index in [1.54, 1.807) is 6.20 Å². The lowest BCUT2D eigenvalue weighted by Crippen LogP contribution is -2.20. The van der Waals surface area contributed by atoms with Crippen LogP contribution in [0.25, 0.3) is 0 Å². The number of rotatable bonds is 6. The van der Waals surface area contributed by atoms with Gasteiger partial charge in [-0.15, -0.1) is 0 Å². The second kappa shape index (κ2) is 7.88.